The summed E-state index contributed by atoms with van der Waals surface area (Å²) < 4.78 is 0.449. The average Bonchev–Trinajstić information content (AvgIpc) is 2.13. The molecule has 0 aromatic carbocycles. The van der Waals surface area contributed by atoms with Crippen LogP contribution in [0.4, 0.5) is 0 Å². The van der Waals surface area contributed by atoms with Crippen molar-refractivity contribution in [3.63, 3.8) is 0 Å². The highest BCUT2D eigenvalue weighted by atomic mass is 35.5. The highest BCUT2D eigenvalue weighted by Crippen LogP contribution is 2.27. The molecule has 0 saturated heterocycles. The lowest BCUT2D eigenvalue weighted by Gasteiger charge is -1.71. The standard InChI is InChI=1S/C5HCl2NS/c1-2-3-8-4(6)5(7)9-3/h1H. The van der Waals surface area contributed by atoms with Crippen LogP contribution in [0.2, 0.25) is 9.49 Å². The summed E-state index contributed by atoms with van der Waals surface area (Å²) in [5.41, 5.74) is 0. The molecule has 0 amide bonds. The van der Waals surface area contributed by atoms with E-state index < -0.39 is 0 Å². The molecule has 0 spiro atoms. The summed E-state index contributed by atoms with van der Waals surface area (Å²) in [4.78, 5) is 3.74. The monoisotopic (exact) mass is 177 g/mol. The van der Waals surface area contributed by atoms with E-state index in [1.165, 1.54) is 11.3 Å². The lowest BCUT2D eigenvalue weighted by molar-refractivity contribution is 1.39. The third-order valence-corrected chi connectivity index (χ3v) is 2.34. The Morgan fingerprint density at radius 1 is 1.56 bits per heavy atom. The molecule has 0 radical (unpaired) electrons. The summed E-state index contributed by atoms with van der Waals surface area (Å²) in [7, 11) is 0. The Morgan fingerprint density at radius 2 is 2.22 bits per heavy atom. The van der Waals surface area contributed by atoms with Crippen molar-refractivity contribution >= 4 is 34.5 Å². The second-order valence-electron chi connectivity index (χ2n) is 1.23. The van der Waals surface area contributed by atoms with Crippen LogP contribution in [0.15, 0.2) is 0 Å². The number of hydrogen-bond donors (Lipinski definition) is 0. The number of hydrogen-bond acceptors (Lipinski definition) is 2. The first kappa shape index (κ1) is 6.88. The number of terminal acetylenes is 1. The smallest absolute Gasteiger partial charge is 0.169 e. The molecule has 0 unspecified atom stereocenters. The molecule has 46 valence electrons. The van der Waals surface area contributed by atoms with Crippen LogP contribution < -0.4 is 0 Å². The Morgan fingerprint density at radius 3 is 2.44 bits per heavy atom. The van der Waals surface area contributed by atoms with E-state index in [1.807, 2.05) is 0 Å². The second-order valence-corrected chi connectivity index (χ2v) is 3.19. The van der Waals surface area contributed by atoms with Crippen LogP contribution >= 0.6 is 34.5 Å². The van der Waals surface area contributed by atoms with Crippen molar-refractivity contribution < 1.29 is 0 Å². The van der Waals surface area contributed by atoms with Gasteiger partial charge in [0.15, 0.2) is 10.2 Å². The van der Waals surface area contributed by atoms with Gasteiger partial charge in [0, 0.05) is 0 Å². The zero-order chi connectivity index (χ0) is 6.85. The fourth-order valence-electron chi connectivity index (χ4n) is 0.345. The minimum atomic E-state index is 0.287. The lowest BCUT2D eigenvalue weighted by Crippen LogP contribution is -1.65. The molecule has 0 aliphatic rings. The van der Waals surface area contributed by atoms with E-state index in [0.29, 0.717) is 9.34 Å². The summed E-state index contributed by atoms with van der Waals surface area (Å²) >= 11 is 12.2. The predicted molar refractivity (Wildman–Crippen MR) is 40.1 cm³/mol. The first-order valence-electron chi connectivity index (χ1n) is 2.02. The molecule has 9 heavy (non-hydrogen) atoms. The topological polar surface area (TPSA) is 12.9 Å². The summed E-state index contributed by atoms with van der Waals surface area (Å²) in [6.45, 7) is 0. The van der Waals surface area contributed by atoms with Gasteiger partial charge in [0.05, 0.1) is 0 Å². The fourth-order valence-corrected chi connectivity index (χ4v) is 1.35. The van der Waals surface area contributed by atoms with E-state index in [2.05, 4.69) is 10.9 Å². The van der Waals surface area contributed by atoms with Crippen molar-refractivity contribution in [1.82, 2.24) is 4.98 Å². The Hall–Kier alpha value is -0.230. The van der Waals surface area contributed by atoms with Crippen LogP contribution in [0, 0.1) is 12.3 Å². The second kappa shape index (κ2) is 2.57. The molecular formula is C5HCl2NS. The van der Waals surface area contributed by atoms with Crippen LogP contribution in [-0.2, 0) is 0 Å². The van der Waals surface area contributed by atoms with Crippen LogP contribution in [0.25, 0.3) is 0 Å². The van der Waals surface area contributed by atoms with Crippen LogP contribution in [0.3, 0.4) is 0 Å². The molecule has 4 heteroatoms. The summed E-state index contributed by atoms with van der Waals surface area (Å²) in [5, 5.41) is 0.805. The maximum atomic E-state index is 5.54. The van der Waals surface area contributed by atoms with E-state index in [4.69, 9.17) is 29.6 Å². The third-order valence-electron chi connectivity index (χ3n) is 0.672. The minimum absolute atomic E-state index is 0.287. The lowest BCUT2D eigenvalue weighted by atomic mass is 10.7. The van der Waals surface area contributed by atoms with Gasteiger partial charge in [0.2, 0.25) is 0 Å². The van der Waals surface area contributed by atoms with Gasteiger partial charge in [-0.15, -0.1) is 6.42 Å². The van der Waals surface area contributed by atoms with E-state index >= 15 is 0 Å². The highest BCUT2D eigenvalue weighted by molar-refractivity contribution is 7.17. The minimum Gasteiger partial charge on any atom is -0.214 e. The highest BCUT2D eigenvalue weighted by Gasteiger charge is 2.02. The molecule has 0 aliphatic heterocycles. The van der Waals surface area contributed by atoms with Gasteiger partial charge >= 0.3 is 0 Å². The van der Waals surface area contributed by atoms with Gasteiger partial charge in [-0.05, 0) is 5.92 Å². The molecule has 0 atom stereocenters. The van der Waals surface area contributed by atoms with Crippen molar-refractivity contribution in [2.75, 3.05) is 0 Å². The number of halogens is 2. The summed E-state index contributed by atoms with van der Waals surface area (Å²) in [6, 6.07) is 0. The van der Waals surface area contributed by atoms with Gasteiger partial charge in [-0.1, -0.05) is 34.5 Å². The van der Waals surface area contributed by atoms with E-state index in [9.17, 15) is 0 Å². The molecule has 0 aliphatic carbocycles. The van der Waals surface area contributed by atoms with Gasteiger partial charge in [-0.2, -0.15) is 0 Å². The SMILES string of the molecule is C#Cc1nc(Cl)c(Cl)s1. The zero-order valence-corrected chi connectivity index (χ0v) is 6.52. The predicted octanol–water partition coefficient (Wildman–Crippen LogP) is 2.43. The van der Waals surface area contributed by atoms with Crippen LogP contribution in [-0.4, -0.2) is 4.98 Å². The zero-order valence-electron chi connectivity index (χ0n) is 4.19. The number of rotatable bonds is 0. The molecular weight excluding hydrogens is 177 g/mol. The first-order valence-corrected chi connectivity index (χ1v) is 3.59. The number of aromatic nitrogens is 1. The molecule has 0 fully saturated rings. The van der Waals surface area contributed by atoms with Gasteiger partial charge in [-0.25, -0.2) is 4.98 Å². The maximum Gasteiger partial charge on any atom is 0.169 e. The van der Waals surface area contributed by atoms with E-state index in [0.717, 1.165) is 0 Å². The van der Waals surface area contributed by atoms with Crippen molar-refractivity contribution in [2.24, 2.45) is 0 Å². The van der Waals surface area contributed by atoms with Gasteiger partial charge in [0.1, 0.15) is 4.34 Å². The van der Waals surface area contributed by atoms with Crippen molar-refractivity contribution in [3.05, 3.63) is 14.5 Å². The Labute approximate surface area is 66.6 Å². The van der Waals surface area contributed by atoms with Gasteiger partial charge in [-0.3, -0.25) is 0 Å². The van der Waals surface area contributed by atoms with Crippen LogP contribution in [0.5, 0.6) is 0 Å². The molecule has 1 nitrogen and oxygen atoms in total. The average molecular weight is 178 g/mol. The molecule has 0 saturated carbocycles. The molecule has 1 rings (SSSR count). The summed E-state index contributed by atoms with van der Waals surface area (Å²) in [6.07, 6.45) is 5.01. The van der Waals surface area contributed by atoms with Crippen LogP contribution in [0.1, 0.15) is 5.01 Å². The van der Waals surface area contributed by atoms with E-state index in [1.54, 1.807) is 0 Å². The molecule has 0 N–H and O–H groups in total. The largest absolute Gasteiger partial charge is 0.214 e. The van der Waals surface area contributed by atoms with Gasteiger partial charge in [0.25, 0.3) is 0 Å². The van der Waals surface area contributed by atoms with E-state index in [-0.39, 0.29) is 5.15 Å². The Balaban J connectivity index is 3.16. The Kier molecular flexibility index (Phi) is 1.97. The Bertz CT molecular complexity index is 241. The first-order chi connectivity index (χ1) is 4.24. The molecule has 1 heterocycles. The van der Waals surface area contributed by atoms with Crippen molar-refractivity contribution in [1.29, 1.82) is 0 Å². The molecule has 1 aromatic rings. The van der Waals surface area contributed by atoms with Crippen molar-refractivity contribution in [2.45, 2.75) is 0 Å². The maximum absolute atomic E-state index is 5.54. The molecule has 1 aromatic heterocycles. The number of nitrogens with zero attached hydrogens (tertiary/aromatic N) is 1. The van der Waals surface area contributed by atoms with Gasteiger partial charge < -0.3 is 0 Å². The van der Waals surface area contributed by atoms with Crippen molar-refractivity contribution in [3.8, 4) is 12.3 Å². The quantitative estimate of drug-likeness (QED) is 0.556. The number of thiazole rings is 1. The normalized spacial score (nSPS) is 9.00. The third kappa shape index (κ3) is 1.36. The molecule has 0 bridgehead atoms. The fraction of sp³-hybridized carbons (Fsp3) is 0. The summed E-state index contributed by atoms with van der Waals surface area (Å²) in [5.74, 6) is 2.33.